The van der Waals surface area contributed by atoms with Crippen LogP contribution in [-0.4, -0.2) is 51.5 Å². The number of rotatable bonds is 7. The van der Waals surface area contributed by atoms with E-state index in [0.29, 0.717) is 25.7 Å². The van der Waals surface area contributed by atoms with Crippen molar-refractivity contribution in [2.24, 2.45) is 5.92 Å². The van der Waals surface area contributed by atoms with Gasteiger partial charge >= 0.3 is 0 Å². The van der Waals surface area contributed by atoms with Gasteiger partial charge in [0, 0.05) is 43.5 Å². The molecule has 1 amide bonds. The maximum absolute atomic E-state index is 13.2. The quantitative estimate of drug-likeness (QED) is 0.425. The number of hydrogen-bond acceptors (Lipinski definition) is 6. The van der Waals surface area contributed by atoms with Gasteiger partial charge in [-0.1, -0.05) is 12.1 Å². The summed E-state index contributed by atoms with van der Waals surface area (Å²) in [5.41, 5.74) is 1.60. The molecule has 3 aromatic rings. The standard InChI is InChI=1S/C28H34FN5O3S/c1-19(20-2-7-23(29)8-3-20)31-28(35)21-4-9-24(10-5-21)33-38(36,37)25-11-12-26-22(18-25)6-13-27(32-26)34-16-14-30-15-17-34/h2-3,6-8,11-13,18-19,21,24,30,33H,4-5,9-10,14-17H2,1H3,(H,31,35)/t19-,21?,24?/m1/s1. The minimum Gasteiger partial charge on any atom is -0.354 e. The van der Waals surface area contributed by atoms with Crippen molar-refractivity contribution in [3.63, 3.8) is 0 Å². The van der Waals surface area contributed by atoms with Gasteiger partial charge in [0.25, 0.3) is 0 Å². The van der Waals surface area contributed by atoms with Gasteiger partial charge < -0.3 is 15.5 Å². The molecule has 38 heavy (non-hydrogen) atoms. The molecular formula is C28H34FN5O3S. The average Bonchev–Trinajstić information content (AvgIpc) is 2.93. The predicted octanol–water partition coefficient (Wildman–Crippen LogP) is 3.50. The van der Waals surface area contributed by atoms with Gasteiger partial charge in [-0.25, -0.2) is 22.5 Å². The summed E-state index contributed by atoms with van der Waals surface area (Å²) in [5, 5.41) is 7.11. The summed E-state index contributed by atoms with van der Waals surface area (Å²) in [7, 11) is -3.71. The average molecular weight is 540 g/mol. The lowest BCUT2D eigenvalue weighted by molar-refractivity contribution is -0.126. The molecule has 1 atom stereocenters. The van der Waals surface area contributed by atoms with E-state index in [4.69, 9.17) is 4.98 Å². The molecule has 3 N–H and O–H groups in total. The van der Waals surface area contributed by atoms with Gasteiger partial charge in [0.2, 0.25) is 15.9 Å². The molecule has 0 bridgehead atoms. The molecule has 1 aliphatic heterocycles. The largest absolute Gasteiger partial charge is 0.354 e. The van der Waals surface area contributed by atoms with E-state index in [1.54, 1.807) is 30.3 Å². The van der Waals surface area contributed by atoms with Crippen LogP contribution in [0, 0.1) is 11.7 Å². The number of piperazine rings is 1. The second-order valence-electron chi connectivity index (χ2n) is 10.2. The van der Waals surface area contributed by atoms with Gasteiger partial charge in [-0.3, -0.25) is 4.79 Å². The molecule has 5 rings (SSSR count). The fraction of sp³-hybridized carbons (Fsp3) is 0.429. The third-order valence-corrected chi connectivity index (χ3v) is 9.06. The zero-order chi connectivity index (χ0) is 26.7. The molecule has 0 unspecified atom stereocenters. The van der Waals surface area contributed by atoms with Crippen LogP contribution in [0.3, 0.4) is 0 Å². The number of sulfonamides is 1. The van der Waals surface area contributed by atoms with Gasteiger partial charge in [-0.05, 0) is 80.6 Å². The number of halogens is 1. The first-order valence-electron chi connectivity index (χ1n) is 13.2. The number of hydrogen-bond donors (Lipinski definition) is 3. The number of nitrogens with one attached hydrogen (secondary N) is 3. The maximum atomic E-state index is 13.2. The summed E-state index contributed by atoms with van der Waals surface area (Å²) in [6, 6.07) is 14.6. The second-order valence-corrected chi connectivity index (χ2v) is 11.9. The van der Waals surface area contributed by atoms with Crippen molar-refractivity contribution in [3.05, 3.63) is 66.0 Å². The first-order chi connectivity index (χ1) is 18.3. The highest BCUT2D eigenvalue weighted by Gasteiger charge is 2.30. The van der Waals surface area contributed by atoms with Crippen LogP contribution in [0.2, 0.25) is 0 Å². The molecule has 8 nitrogen and oxygen atoms in total. The number of carbonyl (C=O) groups excluding carboxylic acids is 1. The topological polar surface area (TPSA) is 103 Å². The molecule has 2 aromatic carbocycles. The molecule has 0 radical (unpaired) electrons. The van der Waals surface area contributed by atoms with Crippen molar-refractivity contribution in [2.75, 3.05) is 31.1 Å². The molecule has 2 fully saturated rings. The molecule has 2 heterocycles. The summed E-state index contributed by atoms with van der Waals surface area (Å²) in [5.74, 6) is 0.370. The van der Waals surface area contributed by atoms with E-state index in [1.165, 1.54) is 12.1 Å². The van der Waals surface area contributed by atoms with Crippen molar-refractivity contribution in [1.29, 1.82) is 0 Å². The van der Waals surface area contributed by atoms with Gasteiger partial charge in [-0.2, -0.15) is 0 Å². The van der Waals surface area contributed by atoms with E-state index in [1.807, 2.05) is 19.1 Å². The third kappa shape index (κ3) is 6.14. The van der Waals surface area contributed by atoms with Crippen LogP contribution in [0.15, 0.2) is 59.5 Å². The molecular weight excluding hydrogens is 505 g/mol. The van der Waals surface area contributed by atoms with Crippen molar-refractivity contribution in [1.82, 2.24) is 20.3 Å². The summed E-state index contributed by atoms with van der Waals surface area (Å²) in [4.78, 5) is 20.0. The van der Waals surface area contributed by atoms with Crippen LogP contribution in [-0.2, 0) is 14.8 Å². The Hall–Kier alpha value is -3.08. The summed E-state index contributed by atoms with van der Waals surface area (Å²) in [6.45, 7) is 5.50. The van der Waals surface area contributed by atoms with E-state index in [0.717, 1.165) is 48.5 Å². The zero-order valence-electron chi connectivity index (χ0n) is 21.5. The number of aromatic nitrogens is 1. The monoisotopic (exact) mass is 539 g/mol. The lowest BCUT2D eigenvalue weighted by Crippen LogP contribution is -2.43. The van der Waals surface area contributed by atoms with E-state index in [-0.39, 0.29) is 34.6 Å². The Morgan fingerprint density at radius 1 is 1.03 bits per heavy atom. The highest BCUT2D eigenvalue weighted by Crippen LogP contribution is 2.28. The maximum Gasteiger partial charge on any atom is 0.240 e. The van der Waals surface area contributed by atoms with E-state index < -0.39 is 10.0 Å². The Morgan fingerprint density at radius 3 is 2.45 bits per heavy atom. The number of amides is 1. The highest BCUT2D eigenvalue weighted by atomic mass is 32.2. The minimum absolute atomic E-state index is 0.0506. The molecule has 1 saturated heterocycles. The molecule has 10 heteroatoms. The number of nitrogens with zero attached hydrogens (tertiary/aromatic N) is 2. The van der Waals surface area contributed by atoms with Crippen LogP contribution >= 0.6 is 0 Å². The van der Waals surface area contributed by atoms with Crippen molar-refractivity contribution in [2.45, 2.75) is 49.6 Å². The van der Waals surface area contributed by atoms with Crippen LogP contribution in [0.25, 0.3) is 10.9 Å². The minimum atomic E-state index is -3.71. The SMILES string of the molecule is C[C@@H](NC(=O)C1CCC(NS(=O)(=O)c2ccc3nc(N4CCNCC4)ccc3c2)CC1)c1ccc(F)cc1. The van der Waals surface area contributed by atoms with Crippen LogP contribution < -0.4 is 20.3 Å². The summed E-state index contributed by atoms with van der Waals surface area (Å²) < 4.78 is 42.3. The van der Waals surface area contributed by atoms with Gasteiger partial charge in [0.15, 0.2) is 0 Å². The number of fused-ring (bicyclic) bond motifs is 1. The Morgan fingerprint density at radius 2 is 1.74 bits per heavy atom. The van der Waals surface area contributed by atoms with Gasteiger partial charge in [-0.15, -0.1) is 0 Å². The van der Waals surface area contributed by atoms with Gasteiger partial charge in [0.1, 0.15) is 11.6 Å². The smallest absolute Gasteiger partial charge is 0.240 e. The lowest BCUT2D eigenvalue weighted by Gasteiger charge is -2.29. The van der Waals surface area contributed by atoms with E-state index >= 15 is 0 Å². The molecule has 0 spiro atoms. The summed E-state index contributed by atoms with van der Waals surface area (Å²) >= 11 is 0. The zero-order valence-corrected chi connectivity index (χ0v) is 22.3. The third-order valence-electron chi connectivity index (χ3n) is 7.55. The molecule has 202 valence electrons. The second kappa shape index (κ2) is 11.3. The first-order valence-corrected chi connectivity index (χ1v) is 14.7. The van der Waals surface area contributed by atoms with Crippen molar-refractivity contribution < 1.29 is 17.6 Å². The fourth-order valence-electron chi connectivity index (χ4n) is 5.26. The molecule has 1 saturated carbocycles. The molecule has 1 aromatic heterocycles. The first kappa shape index (κ1) is 26.5. The number of pyridine rings is 1. The Kier molecular flexibility index (Phi) is 7.92. The molecule has 2 aliphatic rings. The van der Waals surface area contributed by atoms with E-state index in [9.17, 15) is 17.6 Å². The predicted molar refractivity (Wildman–Crippen MR) is 146 cm³/mol. The summed E-state index contributed by atoms with van der Waals surface area (Å²) in [6.07, 6.45) is 2.38. The van der Waals surface area contributed by atoms with Crippen LogP contribution in [0.1, 0.15) is 44.2 Å². The number of anilines is 1. The van der Waals surface area contributed by atoms with Crippen molar-refractivity contribution in [3.8, 4) is 0 Å². The van der Waals surface area contributed by atoms with Crippen LogP contribution in [0.5, 0.6) is 0 Å². The number of carbonyl (C=O) groups is 1. The lowest BCUT2D eigenvalue weighted by atomic mass is 9.85. The Labute approximate surface area is 223 Å². The molecule has 1 aliphatic carbocycles. The van der Waals surface area contributed by atoms with Gasteiger partial charge in [0.05, 0.1) is 16.5 Å². The number of benzene rings is 2. The van der Waals surface area contributed by atoms with Crippen LogP contribution in [0.4, 0.5) is 10.2 Å². The van der Waals surface area contributed by atoms with Crippen molar-refractivity contribution >= 4 is 32.7 Å². The highest BCUT2D eigenvalue weighted by molar-refractivity contribution is 7.89. The normalized spacial score (nSPS) is 21.3. The fourth-order valence-corrected chi connectivity index (χ4v) is 6.60. The Balaban J connectivity index is 1.17. The Bertz CT molecular complexity index is 1390. The van der Waals surface area contributed by atoms with E-state index in [2.05, 4.69) is 20.3 Å².